The molecule has 0 aliphatic rings. The zero-order chi connectivity index (χ0) is 17.9. The molecule has 2 aromatic rings. The molecule has 0 aliphatic carbocycles. The molecule has 2 aromatic carbocycles. The molecule has 5 heteroatoms. The summed E-state index contributed by atoms with van der Waals surface area (Å²) in [4.78, 5) is 0. The predicted molar refractivity (Wildman–Crippen MR) is 96.9 cm³/mol. The van der Waals surface area contributed by atoms with Crippen molar-refractivity contribution in [1.29, 1.82) is 0 Å². The molecule has 5 N–H and O–H groups in total. The molecule has 0 saturated carbocycles. The number of nitrogens with one attached hydrogen (secondary N) is 2. The molecular formula is C19H28N2O3. The highest BCUT2D eigenvalue weighted by atomic mass is 16.3. The molecule has 0 spiro atoms. The highest BCUT2D eigenvalue weighted by molar-refractivity contribution is 5.27. The lowest BCUT2D eigenvalue weighted by Gasteiger charge is -2.17. The zero-order valence-electron chi connectivity index (χ0n) is 14.5. The maximum Gasteiger partial charge on any atom is 0.115 e. The van der Waals surface area contributed by atoms with E-state index < -0.39 is 12.2 Å². The van der Waals surface area contributed by atoms with E-state index in [4.69, 9.17) is 5.11 Å². The van der Waals surface area contributed by atoms with Crippen LogP contribution in [0.25, 0.3) is 0 Å². The van der Waals surface area contributed by atoms with Gasteiger partial charge in [-0.3, -0.25) is 0 Å². The Morgan fingerprint density at radius 3 is 1.96 bits per heavy atom. The van der Waals surface area contributed by atoms with E-state index in [-0.39, 0.29) is 11.8 Å². The van der Waals surface area contributed by atoms with Gasteiger partial charge in [0, 0.05) is 12.6 Å². The fraction of sp³-hybridized carbons (Fsp3) is 0.368. The second-order valence-corrected chi connectivity index (χ2v) is 5.60. The lowest BCUT2D eigenvalue weighted by molar-refractivity contribution is 0.140. The monoisotopic (exact) mass is 332 g/mol. The largest absolute Gasteiger partial charge is 0.508 e. The molecule has 0 aromatic heterocycles. The Labute approximate surface area is 144 Å². The number of phenols is 1. The normalized spacial score (nSPS) is 14.2. The van der Waals surface area contributed by atoms with Crippen molar-refractivity contribution in [2.75, 3.05) is 20.6 Å². The van der Waals surface area contributed by atoms with E-state index in [9.17, 15) is 10.2 Å². The van der Waals surface area contributed by atoms with Gasteiger partial charge >= 0.3 is 0 Å². The van der Waals surface area contributed by atoms with Crippen LogP contribution in [0.1, 0.15) is 30.3 Å². The number of likely N-dealkylation sites (N-methyl/N-ethyl adjacent to an activating group) is 2. The van der Waals surface area contributed by atoms with Gasteiger partial charge in [0.05, 0.1) is 12.2 Å². The zero-order valence-corrected chi connectivity index (χ0v) is 14.5. The average molecular weight is 332 g/mol. The molecule has 132 valence electrons. The Kier molecular flexibility index (Phi) is 9.04. The van der Waals surface area contributed by atoms with Crippen molar-refractivity contribution >= 4 is 0 Å². The van der Waals surface area contributed by atoms with E-state index in [0.717, 1.165) is 11.1 Å². The summed E-state index contributed by atoms with van der Waals surface area (Å²) in [6.45, 7) is 2.47. The summed E-state index contributed by atoms with van der Waals surface area (Å²) in [5.74, 6) is 0.218. The first kappa shape index (κ1) is 20.1. The van der Waals surface area contributed by atoms with Gasteiger partial charge in [0.15, 0.2) is 0 Å². The van der Waals surface area contributed by atoms with Gasteiger partial charge in [-0.25, -0.2) is 0 Å². The minimum atomic E-state index is -0.504. The van der Waals surface area contributed by atoms with Crippen LogP contribution in [0.4, 0.5) is 0 Å². The van der Waals surface area contributed by atoms with Crippen LogP contribution in [0.2, 0.25) is 0 Å². The fourth-order valence-electron chi connectivity index (χ4n) is 2.10. The van der Waals surface area contributed by atoms with Gasteiger partial charge in [0.1, 0.15) is 5.75 Å². The first-order valence-corrected chi connectivity index (χ1v) is 8.01. The smallest absolute Gasteiger partial charge is 0.115 e. The standard InChI is InChI=1S/C10H15NO.C9H13NO2/c1-8(11-2)10(12)9-6-4-3-5-7-9;1-10-6-9(12)7-2-4-8(11)5-3-7/h3-8,10-12H,1-2H3;2-5,9-12H,6H2,1H3/t8-,10-;/m0./s1. The van der Waals surface area contributed by atoms with E-state index in [1.54, 1.807) is 31.3 Å². The van der Waals surface area contributed by atoms with Crippen molar-refractivity contribution in [2.45, 2.75) is 25.2 Å². The number of phenolic OH excluding ortho intramolecular Hbond substituents is 1. The molecule has 24 heavy (non-hydrogen) atoms. The average Bonchev–Trinajstić information content (AvgIpc) is 2.62. The number of aliphatic hydroxyl groups is 2. The van der Waals surface area contributed by atoms with Crippen molar-refractivity contribution < 1.29 is 15.3 Å². The van der Waals surface area contributed by atoms with Crippen LogP contribution < -0.4 is 10.6 Å². The van der Waals surface area contributed by atoms with Crippen LogP contribution in [-0.4, -0.2) is 42.0 Å². The topological polar surface area (TPSA) is 84.8 Å². The second kappa shape index (κ2) is 10.8. The van der Waals surface area contributed by atoms with E-state index in [1.807, 2.05) is 44.3 Å². The van der Waals surface area contributed by atoms with E-state index in [1.165, 1.54) is 0 Å². The van der Waals surface area contributed by atoms with Crippen LogP contribution >= 0.6 is 0 Å². The Bertz CT molecular complexity index is 561. The summed E-state index contributed by atoms with van der Waals surface area (Å²) in [5, 5.41) is 34.0. The van der Waals surface area contributed by atoms with Gasteiger partial charge < -0.3 is 26.0 Å². The van der Waals surface area contributed by atoms with Crippen molar-refractivity contribution in [3.63, 3.8) is 0 Å². The maximum absolute atomic E-state index is 9.73. The van der Waals surface area contributed by atoms with Crippen molar-refractivity contribution in [2.24, 2.45) is 0 Å². The Balaban J connectivity index is 0.000000240. The number of hydrogen-bond acceptors (Lipinski definition) is 5. The van der Waals surface area contributed by atoms with Gasteiger partial charge in [-0.15, -0.1) is 0 Å². The summed E-state index contributed by atoms with van der Waals surface area (Å²) in [5.41, 5.74) is 1.77. The van der Waals surface area contributed by atoms with Gasteiger partial charge in [-0.1, -0.05) is 42.5 Å². The van der Waals surface area contributed by atoms with Crippen LogP contribution in [0.5, 0.6) is 5.75 Å². The number of aromatic hydroxyl groups is 1. The number of hydrogen-bond donors (Lipinski definition) is 5. The summed E-state index contributed by atoms with van der Waals surface area (Å²) in [6.07, 6.45) is -0.924. The predicted octanol–water partition coefficient (Wildman–Crippen LogP) is 1.97. The molecular weight excluding hydrogens is 304 g/mol. The molecule has 0 aliphatic heterocycles. The molecule has 0 radical (unpaired) electrons. The third-order valence-electron chi connectivity index (χ3n) is 3.75. The fourth-order valence-corrected chi connectivity index (χ4v) is 2.10. The lowest BCUT2D eigenvalue weighted by Crippen LogP contribution is -2.28. The minimum Gasteiger partial charge on any atom is -0.508 e. The number of rotatable bonds is 6. The van der Waals surface area contributed by atoms with Crippen molar-refractivity contribution in [3.05, 3.63) is 65.7 Å². The summed E-state index contributed by atoms with van der Waals surface area (Å²) in [7, 11) is 3.63. The summed E-state index contributed by atoms with van der Waals surface area (Å²) in [6, 6.07) is 16.3. The van der Waals surface area contributed by atoms with Crippen molar-refractivity contribution in [3.8, 4) is 5.75 Å². The molecule has 0 saturated heterocycles. The Morgan fingerprint density at radius 1 is 0.875 bits per heavy atom. The number of benzene rings is 2. The third kappa shape index (κ3) is 6.68. The first-order valence-electron chi connectivity index (χ1n) is 8.01. The van der Waals surface area contributed by atoms with Gasteiger partial charge in [0.25, 0.3) is 0 Å². The van der Waals surface area contributed by atoms with Crippen LogP contribution in [0, 0.1) is 0 Å². The highest BCUT2D eigenvalue weighted by Crippen LogP contribution is 2.16. The maximum atomic E-state index is 9.73. The Morgan fingerprint density at radius 2 is 1.46 bits per heavy atom. The van der Waals surface area contributed by atoms with E-state index >= 15 is 0 Å². The van der Waals surface area contributed by atoms with Crippen LogP contribution in [-0.2, 0) is 0 Å². The molecule has 0 heterocycles. The lowest BCUT2D eigenvalue weighted by atomic mass is 10.0. The van der Waals surface area contributed by atoms with Crippen LogP contribution in [0.3, 0.4) is 0 Å². The van der Waals surface area contributed by atoms with Crippen LogP contribution in [0.15, 0.2) is 54.6 Å². The molecule has 5 nitrogen and oxygen atoms in total. The summed E-state index contributed by atoms with van der Waals surface area (Å²) >= 11 is 0. The van der Waals surface area contributed by atoms with E-state index in [0.29, 0.717) is 6.54 Å². The number of aliphatic hydroxyl groups excluding tert-OH is 2. The SMILES string of the molecule is CNCC(O)c1ccc(O)cc1.CN[C@@H](C)[C@H](O)c1ccccc1. The molecule has 0 amide bonds. The molecule has 3 atom stereocenters. The molecule has 0 bridgehead atoms. The molecule has 1 unspecified atom stereocenters. The molecule has 0 fully saturated rings. The van der Waals surface area contributed by atoms with Gasteiger partial charge in [-0.2, -0.15) is 0 Å². The quantitative estimate of drug-likeness (QED) is 0.558. The molecule has 2 rings (SSSR count). The van der Waals surface area contributed by atoms with Crippen molar-refractivity contribution in [1.82, 2.24) is 10.6 Å². The Hall–Kier alpha value is -1.92. The second-order valence-electron chi connectivity index (χ2n) is 5.60. The van der Waals surface area contributed by atoms with E-state index in [2.05, 4.69) is 10.6 Å². The van der Waals surface area contributed by atoms with Gasteiger partial charge in [-0.05, 0) is 44.3 Å². The first-order chi connectivity index (χ1) is 11.5. The van der Waals surface area contributed by atoms with Gasteiger partial charge in [0.2, 0.25) is 0 Å². The highest BCUT2D eigenvalue weighted by Gasteiger charge is 2.12. The minimum absolute atomic E-state index is 0.0902. The summed E-state index contributed by atoms with van der Waals surface area (Å²) < 4.78 is 0. The third-order valence-corrected chi connectivity index (χ3v) is 3.75.